The predicted molar refractivity (Wildman–Crippen MR) is 49.7 cm³/mol. The van der Waals surface area contributed by atoms with E-state index in [-0.39, 0.29) is 6.10 Å². The van der Waals surface area contributed by atoms with Gasteiger partial charge < -0.3 is 4.74 Å². The molecule has 62 valence electrons. The molecule has 0 aromatic carbocycles. The third-order valence-corrected chi connectivity index (χ3v) is 2.56. The van der Waals surface area contributed by atoms with Crippen molar-refractivity contribution in [2.45, 2.75) is 31.1 Å². The van der Waals surface area contributed by atoms with Gasteiger partial charge in [-0.15, -0.1) is 6.42 Å². The Morgan fingerprint density at radius 2 is 2.55 bits per heavy atom. The van der Waals surface area contributed by atoms with Crippen molar-refractivity contribution >= 4 is 11.8 Å². The minimum Gasteiger partial charge on any atom is -0.364 e. The molecule has 0 saturated carbocycles. The van der Waals surface area contributed by atoms with Gasteiger partial charge in [0, 0.05) is 11.0 Å². The minimum absolute atomic E-state index is 0.0567. The van der Waals surface area contributed by atoms with Gasteiger partial charge in [-0.05, 0) is 6.42 Å². The van der Waals surface area contributed by atoms with Crippen molar-refractivity contribution in [2.75, 3.05) is 12.4 Å². The van der Waals surface area contributed by atoms with Gasteiger partial charge in [0.25, 0.3) is 0 Å². The van der Waals surface area contributed by atoms with Crippen molar-refractivity contribution in [1.29, 1.82) is 0 Å². The highest BCUT2D eigenvalue weighted by Gasteiger charge is 2.23. The fraction of sp³-hybridized carbons (Fsp3) is 0.778. The van der Waals surface area contributed by atoms with Crippen LogP contribution in [-0.2, 0) is 4.74 Å². The second kappa shape index (κ2) is 4.69. The Hall–Kier alpha value is -0.130. The Kier molecular flexibility index (Phi) is 3.82. The van der Waals surface area contributed by atoms with Crippen LogP contribution in [0, 0.1) is 12.3 Å². The highest BCUT2D eigenvalue weighted by atomic mass is 32.2. The van der Waals surface area contributed by atoms with Crippen LogP contribution in [0.25, 0.3) is 0 Å². The first kappa shape index (κ1) is 8.96. The van der Waals surface area contributed by atoms with Crippen molar-refractivity contribution in [2.24, 2.45) is 0 Å². The average Bonchev–Trinajstić information content (AvgIpc) is 2.81. The summed E-state index contributed by atoms with van der Waals surface area (Å²) in [4.78, 5) is 0. The molecule has 0 N–H and O–H groups in total. The number of ether oxygens (including phenoxy) is 1. The fourth-order valence-electron chi connectivity index (χ4n) is 0.865. The molecule has 0 aromatic rings. The summed E-state index contributed by atoms with van der Waals surface area (Å²) in [5, 5.41) is 0.739. The third kappa shape index (κ3) is 3.69. The smallest absolute Gasteiger partial charge is 0.118 e. The van der Waals surface area contributed by atoms with E-state index in [9.17, 15) is 0 Å². The Morgan fingerprint density at radius 1 is 1.82 bits per heavy atom. The summed E-state index contributed by atoms with van der Waals surface area (Å²) in [7, 11) is 0. The molecule has 0 spiro atoms. The van der Waals surface area contributed by atoms with Crippen molar-refractivity contribution < 1.29 is 4.74 Å². The largest absolute Gasteiger partial charge is 0.364 e. The number of terminal acetylenes is 1. The van der Waals surface area contributed by atoms with Crippen LogP contribution in [0.15, 0.2) is 0 Å². The van der Waals surface area contributed by atoms with Crippen molar-refractivity contribution in [3.63, 3.8) is 0 Å². The van der Waals surface area contributed by atoms with Gasteiger partial charge in [-0.2, -0.15) is 11.8 Å². The SMILES string of the molecule is C#CC(CCC)OCC1CS1. The molecule has 11 heavy (non-hydrogen) atoms. The molecule has 0 aromatic heterocycles. The summed E-state index contributed by atoms with van der Waals surface area (Å²) >= 11 is 1.95. The normalized spacial score (nSPS) is 24.2. The van der Waals surface area contributed by atoms with Crippen LogP contribution in [0.3, 0.4) is 0 Å². The number of hydrogen-bond donors (Lipinski definition) is 0. The number of hydrogen-bond acceptors (Lipinski definition) is 2. The molecule has 1 nitrogen and oxygen atoms in total. The first-order valence-electron chi connectivity index (χ1n) is 4.06. The number of rotatable bonds is 5. The zero-order valence-electron chi connectivity index (χ0n) is 6.88. The highest BCUT2D eigenvalue weighted by Crippen LogP contribution is 2.30. The summed E-state index contributed by atoms with van der Waals surface area (Å²) in [6.07, 6.45) is 7.44. The van der Waals surface area contributed by atoms with Gasteiger partial charge in [0.05, 0.1) is 6.61 Å². The van der Waals surface area contributed by atoms with E-state index >= 15 is 0 Å². The van der Waals surface area contributed by atoms with E-state index in [1.54, 1.807) is 0 Å². The van der Waals surface area contributed by atoms with Gasteiger partial charge in [-0.25, -0.2) is 0 Å². The fourth-order valence-corrected chi connectivity index (χ4v) is 1.27. The third-order valence-electron chi connectivity index (χ3n) is 1.62. The maximum atomic E-state index is 5.50. The summed E-state index contributed by atoms with van der Waals surface area (Å²) in [6.45, 7) is 2.97. The lowest BCUT2D eigenvalue weighted by atomic mass is 10.2. The Morgan fingerprint density at radius 3 is 3.00 bits per heavy atom. The van der Waals surface area contributed by atoms with E-state index in [1.165, 1.54) is 5.75 Å². The van der Waals surface area contributed by atoms with Gasteiger partial charge in [0.2, 0.25) is 0 Å². The Labute approximate surface area is 72.9 Å². The van der Waals surface area contributed by atoms with Crippen LogP contribution in [0.2, 0.25) is 0 Å². The molecular weight excluding hydrogens is 156 g/mol. The van der Waals surface area contributed by atoms with Crippen LogP contribution < -0.4 is 0 Å². The second-order valence-electron chi connectivity index (χ2n) is 2.73. The molecule has 2 unspecified atom stereocenters. The molecule has 0 aliphatic carbocycles. The summed E-state index contributed by atoms with van der Waals surface area (Å²) in [5.41, 5.74) is 0. The topological polar surface area (TPSA) is 9.23 Å². The van der Waals surface area contributed by atoms with Crippen LogP contribution >= 0.6 is 11.8 Å². The van der Waals surface area contributed by atoms with Crippen LogP contribution in [-0.4, -0.2) is 23.7 Å². The molecule has 2 atom stereocenters. The van der Waals surface area contributed by atoms with E-state index in [1.807, 2.05) is 11.8 Å². The van der Waals surface area contributed by atoms with Gasteiger partial charge in [-0.3, -0.25) is 0 Å². The van der Waals surface area contributed by atoms with Crippen molar-refractivity contribution in [1.82, 2.24) is 0 Å². The zero-order chi connectivity index (χ0) is 8.10. The zero-order valence-corrected chi connectivity index (χ0v) is 7.69. The van der Waals surface area contributed by atoms with E-state index < -0.39 is 0 Å². The van der Waals surface area contributed by atoms with Crippen LogP contribution in [0.4, 0.5) is 0 Å². The van der Waals surface area contributed by atoms with Gasteiger partial charge >= 0.3 is 0 Å². The molecule has 0 bridgehead atoms. The monoisotopic (exact) mass is 170 g/mol. The maximum absolute atomic E-state index is 5.50. The van der Waals surface area contributed by atoms with Gasteiger partial charge in [0.15, 0.2) is 0 Å². The predicted octanol–water partition coefficient (Wildman–Crippen LogP) is 1.92. The van der Waals surface area contributed by atoms with E-state index in [0.29, 0.717) is 0 Å². The molecular formula is C9H14OS. The summed E-state index contributed by atoms with van der Waals surface area (Å²) in [5.74, 6) is 3.91. The van der Waals surface area contributed by atoms with Crippen LogP contribution in [0.1, 0.15) is 19.8 Å². The number of thioether (sulfide) groups is 1. The molecule has 1 fully saturated rings. The highest BCUT2D eigenvalue weighted by molar-refractivity contribution is 8.06. The quantitative estimate of drug-likeness (QED) is 0.460. The van der Waals surface area contributed by atoms with Crippen molar-refractivity contribution in [3.8, 4) is 12.3 Å². The lowest BCUT2D eigenvalue weighted by molar-refractivity contribution is 0.0918. The second-order valence-corrected chi connectivity index (χ2v) is 4.07. The lowest BCUT2D eigenvalue weighted by Crippen LogP contribution is -2.13. The van der Waals surface area contributed by atoms with Crippen molar-refractivity contribution in [3.05, 3.63) is 0 Å². The first-order valence-corrected chi connectivity index (χ1v) is 5.11. The Balaban J connectivity index is 2.05. The first-order chi connectivity index (χ1) is 5.36. The maximum Gasteiger partial charge on any atom is 0.118 e. The molecule has 1 aliphatic heterocycles. The standard InChI is InChI=1S/C9H14OS/c1-3-5-8(4-2)10-6-9-7-11-9/h2,8-9H,3,5-7H2,1H3. The average molecular weight is 170 g/mol. The molecule has 1 aliphatic rings. The lowest BCUT2D eigenvalue weighted by Gasteiger charge is -2.09. The molecule has 1 saturated heterocycles. The molecule has 1 heterocycles. The summed E-state index contributed by atoms with van der Waals surface area (Å²) < 4.78 is 5.50. The molecule has 0 radical (unpaired) electrons. The van der Waals surface area contributed by atoms with Gasteiger partial charge in [0.1, 0.15) is 6.10 Å². The molecule has 1 rings (SSSR count). The van der Waals surface area contributed by atoms with E-state index in [2.05, 4.69) is 12.8 Å². The van der Waals surface area contributed by atoms with E-state index in [4.69, 9.17) is 11.2 Å². The summed E-state index contributed by atoms with van der Waals surface area (Å²) in [6, 6.07) is 0. The minimum atomic E-state index is 0.0567. The van der Waals surface area contributed by atoms with Gasteiger partial charge in [-0.1, -0.05) is 19.3 Å². The van der Waals surface area contributed by atoms with E-state index in [0.717, 1.165) is 24.7 Å². The van der Waals surface area contributed by atoms with Crippen LogP contribution in [0.5, 0.6) is 0 Å². The molecule has 2 heteroatoms. The Bertz CT molecular complexity index is 146. The molecule has 0 amide bonds.